The number of unbranched alkanes of at least 4 members (excludes halogenated alkanes) is 2. The van der Waals surface area contributed by atoms with Gasteiger partial charge in [-0.1, -0.05) is 26.2 Å². The minimum atomic E-state index is -3.28. The summed E-state index contributed by atoms with van der Waals surface area (Å²) < 4.78 is 21.4. The molecule has 0 saturated carbocycles. The second-order valence-electron chi connectivity index (χ2n) is 2.90. The van der Waals surface area contributed by atoms with Crippen LogP contribution in [0.2, 0.25) is 0 Å². The van der Waals surface area contributed by atoms with Crippen LogP contribution in [0.4, 0.5) is 0 Å². The Bertz CT molecular complexity index is 187. The summed E-state index contributed by atoms with van der Waals surface area (Å²) in [5.41, 5.74) is 0. The summed E-state index contributed by atoms with van der Waals surface area (Å²) in [6, 6.07) is 0. The van der Waals surface area contributed by atoms with Crippen LogP contribution in [0.25, 0.3) is 0 Å². The lowest BCUT2D eigenvalue weighted by atomic mass is 10.2. The maximum atomic E-state index is 10.7. The molecule has 3 nitrogen and oxygen atoms in total. The SMILES string of the molecule is CCCCC[C@@H](C)S(N)(=O)=O. The molecule has 0 radical (unpaired) electrons. The molecule has 0 heterocycles. The van der Waals surface area contributed by atoms with Crippen molar-refractivity contribution >= 4 is 10.0 Å². The van der Waals surface area contributed by atoms with Crippen molar-refractivity contribution in [3.63, 3.8) is 0 Å². The monoisotopic (exact) mass is 179 g/mol. The third kappa shape index (κ3) is 5.21. The Morgan fingerprint density at radius 2 is 1.91 bits per heavy atom. The van der Waals surface area contributed by atoms with Crippen molar-refractivity contribution in [2.24, 2.45) is 5.14 Å². The second kappa shape index (κ2) is 4.72. The molecule has 68 valence electrons. The fourth-order valence-electron chi connectivity index (χ4n) is 0.846. The first kappa shape index (κ1) is 10.9. The molecular weight excluding hydrogens is 162 g/mol. The van der Waals surface area contributed by atoms with Gasteiger partial charge in [0.25, 0.3) is 0 Å². The number of primary sulfonamides is 1. The molecule has 0 aromatic carbocycles. The maximum Gasteiger partial charge on any atom is 0.211 e. The largest absolute Gasteiger partial charge is 0.228 e. The Labute approximate surface area is 69.0 Å². The minimum absolute atomic E-state index is 0.381. The predicted molar refractivity (Wildman–Crippen MR) is 46.7 cm³/mol. The standard InChI is InChI=1S/C7H17NO2S/c1-3-4-5-6-7(2)11(8,9)10/h7H,3-6H2,1-2H3,(H2,8,9,10)/t7-/m1/s1. The average Bonchev–Trinajstić information content (AvgIpc) is 1.86. The zero-order valence-electron chi connectivity index (χ0n) is 7.21. The number of hydrogen-bond acceptors (Lipinski definition) is 2. The molecule has 0 bridgehead atoms. The molecular formula is C7H17NO2S. The van der Waals surface area contributed by atoms with Gasteiger partial charge in [-0.2, -0.15) is 0 Å². The molecule has 1 atom stereocenters. The highest BCUT2D eigenvalue weighted by atomic mass is 32.2. The topological polar surface area (TPSA) is 60.2 Å². The molecule has 0 spiro atoms. The van der Waals surface area contributed by atoms with E-state index >= 15 is 0 Å². The van der Waals surface area contributed by atoms with Gasteiger partial charge in [-0.05, 0) is 13.3 Å². The number of sulfonamides is 1. The Balaban J connectivity index is 3.62. The highest BCUT2D eigenvalue weighted by Gasteiger charge is 2.13. The maximum absolute atomic E-state index is 10.7. The van der Waals surface area contributed by atoms with Crippen LogP contribution in [0.15, 0.2) is 0 Å². The van der Waals surface area contributed by atoms with Crippen molar-refractivity contribution < 1.29 is 8.42 Å². The van der Waals surface area contributed by atoms with Crippen molar-refractivity contribution in [3.05, 3.63) is 0 Å². The molecule has 0 saturated heterocycles. The predicted octanol–water partition coefficient (Wildman–Crippen LogP) is 1.24. The molecule has 2 N–H and O–H groups in total. The zero-order chi connectivity index (χ0) is 8.91. The lowest BCUT2D eigenvalue weighted by Gasteiger charge is -2.06. The van der Waals surface area contributed by atoms with E-state index < -0.39 is 10.0 Å². The first-order valence-electron chi connectivity index (χ1n) is 4.00. The fraction of sp³-hybridized carbons (Fsp3) is 1.00. The van der Waals surface area contributed by atoms with Crippen molar-refractivity contribution in [2.45, 2.75) is 44.8 Å². The van der Waals surface area contributed by atoms with Crippen LogP contribution in [-0.2, 0) is 10.0 Å². The minimum Gasteiger partial charge on any atom is -0.228 e. The van der Waals surface area contributed by atoms with Crippen LogP contribution < -0.4 is 5.14 Å². The average molecular weight is 179 g/mol. The summed E-state index contributed by atoms with van der Waals surface area (Å²) in [5, 5.41) is 4.55. The van der Waals surface area contributed by atoms with Gasteiger partial charge in [-0.3, -0.25) is 0 Å². The lowest BCUT2D eigenvalue weighted by Crippen LogP contribution is -2.25. The summed E-state index contributed by atoms with van der Waals surface area (Å²) in [4.78, 5) is 0. The molecule has 4 heteroatoms. The van der Waals surface area contributed by atoms with E-state index in [1.54, 1.807) is 6.92 Å². The molecule has 0 unspecified atom stereocenters. The second-order valence-corrected chi connectivity index (χ2v) is 4.88. The van der Waals surface area contributed by atoms with Crippen LogP contribution in [0.3, 0.4) is 0 Å². The third-order valence-electron chi connectivity index (χ3n) is 1.78. The third-order valence-corrected chi connectivity index (χ3v) is 3.13. The van der Waals surface area contributed by atoms with E-state index in [0.29, 0.717) is 6.42 Å². The van der Waals surface area contributed by atoms with E-state index in [1.807, 2.05) is 0 Å². The summed E-state index contributed by atoms with van der Waals surface area (Å²) in [6.07, 6.45) is 3.83. The Kier molecular flexibility index (Phi) is 4.68. The van der Waals surface area contributed by atoms with Crippen LogP contribution in [0, 0.1) is 0 Å². The highest BCUT2D eigenvalue weighted by Crippen LogP contribution is 2.07. The molecule has 0 amide bonds. The normalized spacial score (nSPS) is 14.8. The van der Waals surface area contributed by atoms with E-state index in [2.05, 4.69) is 6.92 Å². The summed E-state index contributed by atoms with van der Waals surface area (Å²) in [6.45, 7) is 3.74. The molecule has 0 fully saturated rings. The van der Waals surface area contributed by atoms with E-state index in [9.17, 15) is 8.42 Å². The summed E-state index contributed by atoms with van der Waals surface area (Å²) in [7, 11) is -3.28. The van der Waals surface area contributed by atoms with Crippen molar-refractivity contribution in [1.82, 2.24) is 0 Å². The lowest BCUT2D eigenvalue weighted by molar-refractivity contribution is 0.569. The van der Waals surface area contributed by atoms with Crippen molar-refractivity contribution in [3.8, 4) is 0 Å². The van der Waals surface area contributed by atoms with E-state index in [4.69, 9.17) is 5.14 Å². The van der Waals surface area contributed by atoms with Gasteiger partial charge in [0.15, 0.2) is 0 Å². The molecule has 0 rings (SSSR count). The summed E-state index contributed by atoms with van der Waals surface area (Å²) in [5.74, 6) is 0. The van der Waals surface area contributed by atoms with Crippen LogP contribution in [-0.4, -0.2) is 13.7 Å². The van der Waals surface area contributed by atoms with Crippen molar-refractivity contribution in [1.29, 1.82) is 0 Å². The molecule has 0 aliphatic heterocycles. The van der Waals surface area contributed by atoms with Gasteiger partial charge in [0.05, 0.1) is 5.25 Å². The van der Waals surface area contributed by atoms with E-state index in [-0.39, 0.29) is 5.25 Å². The molecule has 0 aliphatic carbocycles. The first-order chi connectivity index (χ1) is 4.98. The van der Waals surface area contributed by atoms with E-state index in [1.165, 1.54) is 0 Å². The van der Waals surface area contributed by atoms with Gasteiger partial charge >= 0.3 is 0 Å². The van der Waals surface area contributed by atoms with Crippen LogP contribution >= 0.6 is 0 Å². The highest BCUT2D eigenvalue weighted by molar-refractivity contribution is 7.89. The van der Waals surface area contributed by atoms with Gasteiger partial charge in [-0.25, -0.2) is 13.6 Å². The van der Waals surface area contributed by atoms with Crippen molar-refractivity contribution in [2.75, 3.05) is 0 Å². The van der Waals surface area contributed by atoms with Gasteiger partial charge in [0.1, 0.15) is 0 Å². The van der Waals surface area contributed by atoms with Crippen LogP contribution in [0.1, 0.15) is 39.5 Å². The molecule has 11 heavy (non-hydrogen) atoms. The Morgan fingerprint density at radius 1 is 1.36 bits per heavy atom. The van der Waals surface area contributed by atoms with Gasteiger partial charge in [-0.15, -0.1) is 0 Å². The summed E-state index contributed by atoms with van der Waals surface area (Å²) >= 11 is 0. The van der Waals surface area contributed by atoms with Gasteiger partial charge < -0.3 is 0 Å². The molecule has 0 aromatic rings. The Hall–Kier alpha value is -0.0900. The first-order valence-corrected chi connectivity index (χ1v) is 5.61. The number of hydrogen-bond donors (Lipinski definition) is 1. The fourth-order valence-corrected chi connectivity index (χ4v) is 1.34. The van der Waals surface area contributed by atoms with Crippen LogP contribution in [0.5, 0.6) is 0 Å². The number of nitrogens with two attached hydrogens (primary N) is 1. The smallest absolute Gasteiger partial charge is 0.211 e. The number of rotatable bonds is 5. The zero-order valence-corrected chi connectivity index (χ0v) is 8.02. The Morgan fingerprint density at radius 3 is 2.27 bits per heavy atom. The molecule has 0 aromatic heterocycles. The molecule has 0 aliphatic rings. The quantitative estimate of drug-likeness (QED) is 0.645. The van der Waals surface area contributed by atoms with E-state index in [0.717, 1.165) is 19.3 Å². The van der Waals surface area contributed by atoms with Gasteiger partial charge in [0.2, 0.25) is 10.0 Å². The van der Waals surface area contributed by atoms with Gasteiger partial charge in [0, 0.05) is 0 Å².